The summed E-state index contributed by atoms with van der Waals surface area (Å²) in [6.07, 6.45) is 8.89. The maximum Gasteiger partial charge on any atom is 0.318 e. The number of rotatable bonds is 5. The predicted molar refractivity (Wildman–Crippen MR) is 113 cm³/mol. The number of nitrogens with zero attached hydrogens (tertiary/aromatic N) is 2. The number of carbonyl (C=O) groups is 2. The SMILES string of the molecule is CC(O)CNC(=O)N1Cc2c(NC(=O)C3(S(C)(C)C)CCC3)n[nH]c2C1(C)C. The van der Waals surface area contributed by atoms with Crippen LogP contribution in [0.4, 0.5) is 10.6 Å². The van der Waals surface area contributed by atoms with E-state index in [9.17, 15) is 14.7 Å². The van der Waals surface area contributed by atoms with Gasteiger partial charge in [-0.25, -0.2) is 14.8 Å². The van der Waals surface area contributed by atoms with E-state index in [1.807, 2.05) is 13.8 Å². The first-order valence-electron chi connectivity index (χ1n) is 9.71. The minimum atomic E-state index is -1.05. The summed E-state index contributed by atoms with van der Waals surface area (Å²) in [4.78, 5) is 27.4. The lowest BCUT2D eigenvalue weighted by Gasteiger charge is -2.53. The van der Waals surface area contributed by atoms with E-state index in [1.165, 1.54) is 0 Å². The first-order chi connectivity index (χ1) is 12.9. The highest BCUT2D eigenvalue weighted by Crippen LogP contribution is 2.60. The van der Waals surface area contributed by atoms with Gasteiger partial charge in [0.05, 0.1) is 28.6 Å². The standard InChI is InChI=1S/C19H33N5O3S/c1-12(25)10-20-17(27)24-11-13-14(18(24,2)3)22-23-15(13)21-16(26)19(8-7-9-19)28(4,5)6/h12,25H,7-11H2,1-6H3,(H,20,27)(H2,21,22,23,26). The van der Waals surface area contributed by atoms with E-state index in [0.29, 0.717) is 12.4 Å². The molecule has 1 aromatic heterocycles. The Labute approximate surface area is 168 Å². The summed E-state index contributed by atoms with van der Waals surface area (Å²) in [6, 6.07) is -0.248. The lowest BCUT2D eigenvalue weighted by Crippen LogP contribution is -2.51. The topological polar surface area (TPSA) is 110 Å². The van der Waals surface area contributed by atoms with Crippen molar-refractivity contribution in [1.82, 2.24) is 20.4 Å². The molecule has 1 atom stereocenters. The second-order valence-electron chi connectivity index (χ2n) is 9.25. The molecule has 1 aromatic rings. The van der Waals surface area contributed by atoms with Crippen molar-refractivity contribution in [2.45, 2.75) is 63.0 Å². The van der Waals surface area contributed by atoms with E-state index in [4.69, 9.17) is 0 Å². The van der Waals surface area contributed by atoms with Gasteiger partial charge in [-0.2, -0.15) is 5.10 Å². The first kappa shape index (κ1) is 21.0. The molecule has 1 aliphatic carbocycles. The average Bonchev–Trinajstić information content (AvgIpc) is 3.01. The molecule has 2 aliphatic rings. The number of H-pyrrole nitrogens is 1. The Morgan fingerprint density at radius 2 is 1.96 bits per heavy atom. The van der Waals surface area contributed by atoms with Gasteiger partial charge in [0.1, 0.15) is 0 Å². The molecule has 8 nitrogen and oxygen atoms in total. The van der Waals surface area contributed by atoms with Crippen molar-refractivity contribution in [3.63, 3.8) is 0 Å². The van der Waals surface area contributed by atoms with E-state index < -0.39 is 21.7 Å². The molecule has 0 radical (unpaired) electrons. The van der Waals surface area contributed by atoms with Crippen LogP contribution >= 0.6 is 10.0 Å². The predicted octanol–water partition coefficient (Wildman–Crippen LogP) is 2.11. The Morgan fingerprint density at radius 1 is 1.32 bits per heavy atom. The lowest BCUT2D eigenvalue weighted by molar-refractivity contribution is -0.120. The number of aliphatic hydroxyl groups is 1. The van der Waals surface area contributed by atoms with Gasteiger partial charge >= 0.3 is 6.03 Å². The highest BCUT2D eigenvalue weighted by Gasteiger charge is 2.51. The molecule has 158 valence electrons. The zero-order chi connectivity index (χ0) is 20.9. The van der Waals surface area contributed by atoms with Crippen LogP contribution in [0.2, 0.25) is 0 Å². The number of hydrogen-bond donors (Lipinski definition) is 4. The third-order valence-electron chi connectivity index (χ3n) is 6.24. The molecule has 0 bridgehead atoms. The molecule has 28 heavy (non-hydrogen) atoms. The number of aliphatic hydroxyl groups excluding tert-OH is 1. The average molecular weight is 412 g/mol. The Morgan fingerprint density at radius 3 is 2.46 bits per heavy atom. The molecule has 4 N–H and O–H groups in total. The van der Waals surface area contributed by atoms with Gasteiger partial charge in [0.2, 0.25) is 5.91 Å². The fourth-order valence-corrected chi connectivity index (χ4v) is 6.23. The molecular formula is C19H33N5O3S. The molecule has 2 heterocycles. The third-order valence-corrected chi connectivity index (χ3v) is 9.18. The molecule has 0 saturated heterocycles. The van der Waals surface area contributed by atoms with Crippen molar-refractivity contribution in [3.8, 4) is 0 Å². The minimum absolute atomic E-state index is 0.0466. The summed E-state index contributed by atoms with van der Waals surface area (Å²) in [7, 11) is -1.05. The van der Waals surface area contributed by atoms with Crippen molar-refractivity contribution in [2.75, 3.05) is 30.6 Å². The summed E-state index contributed by atoms with van der Waals surface area (Å²) in [5, 5.41) is 22.6. The number of aromatic nitrogens is 2. The highest BCUT2D eigenvalue weighted by molar-refractivity contribution is 8.33. The van der Waals surface area contributed by atoms with Gasteiger partial charge < -0.3 is 20.6 Å². The maximum absolute atomic E-state index is 13.2. The first-order valence-corrected chi connectivity index (χ1v) is 12.6. The third kappa shape index (κ3) is 3.28. The van der Waals surface area contributed by atoms with Crippen molar-refractivity contribution >= 4 is 27.8 Å². The monoisotopic (exact) mass is 411 g/mol. The molecule has 1 aliphatic heterocycles. The Bertz CT molecular complexity index is 777. The van der Waals surface area contributed by atoms with Crippen molar-refractivity contribution in [3.05, 3.63) is 11.3 Å². The number of fused-ring (bicyclic) bond motifs is 1. The van der Waals surface area contributed by atoms with E-state index in [2.05, 4.69) is 39.6 Å². The van der Waals surface area contributed by atoms with E-state index in [0.717, 1.165) is 30.5 Å². The minimum Gasteiger partial charge on any atom is -0.392 e. The van der Waals surface area contributed by atoms with Crippen LogP contribution in [-0.4, -0.2) is 68.3 Å². The number of carbonyl (C=O) groups excluding carboxylic acids is 2. The van der Waals surface area contributed by atoms with Crippen LogP contribution in [0.1, 0.15) is 51.3 Å². The zero-order valence-corrected chi connectivity index (χ0v) is 18.5. The highest BCUT2D eigenvalue weighted by atomic mass is 32.3. The van der Waals surface area contributed by atoms with Gasteiger partial charge in [0.15, 0.2) is 5.82 Å². The summed E-state index contributed by atoms with van der Waals surface area (Å²) >= 11 is 0. The molecule has 0 aromatic carbocycles. The Kier molecular flexibility index (Phi) is 5.21. The number of hydrogen-bond acceptors (Lipinski definition) is 4. The van der Waals surface area contributed by atoms with Crippen LogP contribution in [0.5, 0.6) is 0 Å². The molecule has 1 fully saturated rings. The molecular weight excluding hydrogens is 378 g/mol. The number of nitrogens with one attached hydrogen (secondary N) is 3. The van der Waals surface area contributed by atoms with Crippen molar-refractivity contribution in [2.24, 2.45) is 0 Å². The number of urea groups is 1. The van der Waals surface area contributed by atoms with Crippen LogP contribution in [-0.2, 0) is 16.9 Å². The quantitative estimate of drug-likeness (QED) is 0.595. The molecule has 9 heteroatoms. The van der Waals surface area contributed by atoms with Crippen LogP contribution < -0.4 is 10.6 Å². The second kappa shape index (κ2) is 6.95. The van der Waals surface area contributed by atoms with Crippen molar-refractivity contribution in [1.29, 1.82) is 0 Å². The molecule has 3 rings (SSSR count). The van der Waals surface area contributed by atoms with Gasteiger partial charge in [-0.15, -0.1) is 0 Å². The second-order valence-corrected chi connectivity index (χ2v) is 13.7. The van der Waals surface area contributed by atoms with Gasteiger partial charge in [0.25, 0.3) is 0 Å². The number of amides is 3. The largest absolute Gasteiger partial charge is 0.392 e. The van der Waals surface area contributed by atoms with Crippen molar-refractivity contribution < 1.29 is 14.7 Å². The fraction of sp³-hybridized carbons (Fsp3) is 0.737. The Hall–Kier alpha value is -1.74. The molecule has 0 spiro atoms. The summed E-state index contributed by atoms with van der Waals surface area (Å²) in [6.45, 7) is 6.06. The maximum atomic E-state index is 13.2. The van der Waals surface area contributed by atoms with Crippen LogP contribution in [0.25, 0.3) is 0 Å². The summed E-state index contributed by atoms with van der Waals surface area (Å²) < 4.78 is -0.290. The molecule has 1 saturated carbocycles. The van der Waals surface area contributed by atoms with Gasteiger partial charge in [-0.1, -0.05) is 0 Å². The van der Waals surface area contributed by atoms with Gasteiger partial charge in [0, 0.05) is 12.1 Å². The summed E-state index contributed by atoms with van der Waals surface area (Å²) in [5.74, 6) is 0.569. The normalized spacial score (nSPS) is 21.5. The number of aromatic amines is 1. The van der Waals surface area contributed by atoms with Crippen LogP contribution in [0, 0.1) is 0 Å². The van der Waals surface area contributed by atoms with Crippen LogP contribution in [0.3, 0.4) is 0 Å². The lowest BCUT2D eigenvalue weighted by atomic mass is 9.83. The molecule has 3 amide bonds. The number of anilines is 1. The van der Waals surface area contributed by atoms with E-state index in [1.54, 1.807) is 11.8 Å². The van der Waals surface area contributed by atoms with Crippen LogP contribution in [0.15, 0.2) is 0 Å². The summed E-state index contributed by atoms with van der Waals surface area (Å²) in [5.41, 5.74) is 1.10. The van der Waals surface area contributed by atoms with Gasteiger partial charge in [-0.3, -0.25) is 9.89 Å². The fourth-order valence-electron chi connectivity index (χ4n) is 4.11. The zero-order valence-electron chi connectivity index (χ0n) is 17.7. The smallest absolute Gasteiger partial charge is 0.318 e. The Balaban J connectivity index is 1.79. The van der Waals surface area contributed by atoms with Gasteiger partial charge in [-0.05, 0) is 58.8 Å². The van der Waals surface area contributed by atoms with E-state index in [-0.39, 0.29) is 23.2 Å². The van der Waals surface area contributed by atoms with E-state index >= 15 is 0 Å². The molecule has 1 unspecified atom stereocenters.